The van der Waals surface area contributed by atoms with E-state index in [1.54, 1.807) is 43.3 Å². The van der Waals surface area contributed by atoms with Crippen LogP contribution in [0.3, 0.4) is 0 Å². The van der Waals surface area contributed by atoms with E-state index in [2.05, 4.69) is 22.2 Å². The first-order chi connectivity index (χ1) is 18.2. The molecule has 5 rings (SSSR count). The molecule has 4 heterocycles. The van der Waals surface area contributed by atoms with E-state index in [-0.39, 0.29) is 22.9 Å². The lowest BCUT2D eigenvalue weighted by Gasteiger charge is -2.45. The molecule has 12 heteroatoms. The number of benzene rings is 1. The summed E-state index contributed by atoms with van der Waals surface area (Å²) in [4.78, 5) is 24.3. The molecule has 0 saturated carbocycles. The maximum absolute atomic E-state index is 13.3. The fourth-order valence-electron chi connectivity index (χ4n) is 5.45. The molecule has 0 spiro atoms. The molecule has 206 valence electrons. The molecule has 2 saturated heterocycles. The van der Waals surface area contributed by atoms with Crippen molar-refractivity contribution in [3.63, 3.8) is 0 Å². The molecule has 2 aromatic rings. The molecule has 3 aliphatic rings. The third-order valence-corrected chi connectivity index (χ3v) is 9.58. The lowest BCUT2D eigenvalue weighted by molar-refractivity contribution is -0.119. The van der Waals surface area contributed by atoms with Gasteiger partial charge in [-0.2, -0.15) is 4.31 Å². The van der Waals surface area contributed by atoms with Crippen LogP contribution in [0.15, 0.2) is 35.2 Å². The Kier molecular flexibility index (Phi) is 7.49. The van der Waals surface area contributed by atoms with E-state index in [1.807, 2.05) is 13.0 Å². The molecule has 0 radical (unpaired) electrons. The number of rotatable bonds is 6. The van der Waals surface area contributed by atoms with Crippen molar-refractivity contribution < 1.29 is 22.7 Å². The molecular weight excluding hydrogens is 508 g/mol. The average molecular weight is 545 g/mol. The van der Waals surface area contributed by atoms with E-state index in [0.717, 1.165) is 37.4 Å². The van der Waals surface area contributed by atoms with Gasteiger partial charge in [0.15, 0.2) is 5.82 Å². The molecule has 1 aromatic carbocycles. The predicted molar refractivity (Wildman–Crippen MR) is 146 cm³/mol. The van der Waals surface area contributed by atoms with Crippen molar-refractivity contribution in [1.29, 1.82) is 0 Å². The number of sulfonamides is 1. The van der Waals surface area contributed by atoms with E-state index in [4.69, 9.17) is 14.5 Å². The normalized spacial score (nSPS) is 21.9. The van der Waals surface area contributed by atoms with Crippen molar-refractivity contribution in [3.05, 3.63) is 30.3 Å². The number of pyridine rings is 1. The zero-order chi connectivity index (χ0) is 27.0. The molecule has 0 unspecified atom stereocenters. The number of ether oxygens (including phenoxy) is 2. The molecule has 3 aliphatic heterocycles. The summed E-state index contributed by atoms with van der Waals surface area (Å²) in [5.41, 5.74) is 1.25. The van der Waals surface area contributed by atoms with Crippen LogP contribution in [0.5, 0.6) is 5.75 Å². The molecule has 1 amide bonds. The van der Waals surface area contributed by atoms with Gasteiger partial charge in [-0.15, -0.1) is 0 Å². The number of anilines is 4. The summed E-state index contributed by atoms with van der Waals surface area (Å²) in [5.74, 6) is 1.82. The van der Waals surface area contributed by atoms with Gasteiger partial charge in [-0.05, 0) is 70.2 Å². The fraction of sp³-hybridized carbons (Fsp3) is 0.538. The number of carbonyl (C=O) groups excluding carboxylic acids is 1. The Morgan fingerprint density at radius 1 is 1.05 bits per heavy atom. The molecule has 1 atom stereocenters. The molecule has 1 N–H and O–H groups in total. The number of hydrogen-bond donors (Lipinski definition) is 1. The summed E-state index contributed by atoms with van der Waals surface area (Å²) in [7, 11) is 1.75. The Balaban J connectivity index is 1.48. The second-order valence-corrected chi connectivity index (χ2v) is 12.0. The second kappa shape index (κ2) is 10.7. The lowest BCUT2D eigenvalue weighted by Crippen LogP contribution is -2.57. The van der Waals surface area contributed by atoms with Crippen molar-refractivity contribution in [1.82, 2.24) is 14.2 Å². The SMILES string of the molecule is COc1ccc(S(=O)(=O)N2CCOCC2)cc1Nc1ccc2c(n1)N(C1CCN(C)CC1)[C@H](C)C(=O)N2C. The van der Waals surface area contributed by atoms with Crippen LogP contribution < -0.4 is 19.9 Å². The van der Waals surface area contributed by atoms with Crippen molar-refractivity contribution in [2.75, 3.05) is 75.7 Å². The van der Waals surface area contributed by atoms with Crippen molar-refractivity contribution in [2.24, 2.45) is 0 Å². The number of fused-ring (bicyclic) bond motifs is 1. The molecule has 1 aromatic heterocycles. The van der Waals surface area contributed by atoms with Crippen LogP contribution in [0.2, 0.25) is 0 Å². The lowest BCUT2D eigenvalue weighted by atomic mass is 9.99. The monoisotopic (exact) mass is 544 g/mol. The van der Waals surface area contributed by atoms with Crippen LogP contribution in [0.25, 0.3) is 0 Å². The van der Waals surface area contributed by atoms with E-state index in [0.29, 0.717) is 43.6 Å². The van der Waals surface area contributed by atoms with Gasteiger partial charge in [0, 0.05) is 26.2 Å². The van der Waals surface area contributed by atoms with E-state index in [9.17, 15) is 13.2 Å². The summed E-state index contributed by atoms with van der Waals surface area (Å²) < 4.78 is 38.8. The van der Waals surface area contributed by atoms with Crippen LogP contribution in [0.4, 0.5) is 23.0 Å². The number of morpholine rings is 1. The van der Waals surface area contributed by atoms with Crippen molar-refractivity contribution in [2.45, 2.75) is 36.7 Å². The van der Waals surface area contributed by atoms with E-state index < -0.39 is 10.0 Å². The minimum atomic E-state index is -3.68. The van der Waals surface area contributed by atoms with Crippen molar-refractivity contribution in [3.8, 4) is 5.75 Å². The summed E-state index contributed by atoms with van der Waals surface area (Å²) in [6, 6.07) is 8.34. The van der Waals surface area contributed by atoms with Gasteiger partial charge in [-0.1, -0.05) is 0 Å². The van der Waals surface area contributed by atoms with Gasteiger partial charge >= 0.3 is 0 Å². The third kappa shape index (κ3) is 4.93. The first kappa shape index (κ1) is 26.7. The minimum Gasteiger partial charge on any atom is -0.495 e. The highest BCUT2D eigenvalue weighted by molar-refractivity contribution is 7.89. The largest absolute Gasteiger partial charge is 0.495 e. The van der Waals surface area contributed by atoms with Crippen LogP contribution in [-0.4, -0.2) is 101 Å². The quantitative estimate of drug-likeness (QED) is 0.585. The van der Waals surface area contributed by atoms with Gasteiger partial charge in [0.1, 0.15) is 17.6 Å². The number of carbonyl (C=O) groups is 1. The van der Waals surface area contributed by atoms with Gasteiger partial charge in [0.05, 0.1) is 36.6 Å². The molecule has 38 heavy (non-hydrogen) atoms. The maximum atomic E-state index is 13.3. The molecule has 0 aliphatic carbocycles. The maximum Gasteiger partial charge on any atom is 0.249 e. The van der Waals surface area contributed by atoms with Crippen LogP contribution in [-0.2, 0) is 19.6 Å². The number of nitrogens with one attached hydrogen (secondary N) is 1. The third-order valence-electron chi connectivity index (χ3n) is 7.69. The number of methoxy groups -OCH3 is 1. The number of piperidine rings is 1. The van der Waals surface area contributed by atoms with E-state index in [1.165, 1.54) is 4.31 Å². The summed E-state index contributed by atoms with van der Waals surface area (Å²) >= 11 is 0. The molecular formula is C26H36N6O5S. The first-order valence-electron chi connectivity index (χ1n) is 13.0. The zero-order valence-corrected chi connectivity index (χ0v) is 23.2. The highest BCUT2D eigenvalue weighted by Crippen LogP contribution is 2.39. The fourth-order valence-corrected chi connectivity index (χ4v) is 6.88. The number of amides is 1. The van der Waals surface area contributed by atoms with Gasteiger partial charge in [-0.25, -0.2) is 13.4 Å². The summed E-state index contributed by atoms with van der Waals surface area (Å²) in [6.07, 6.45) is 1.90. The Hall–Kier alpha value is -2.93. The summed E-state index contributed by atoms with van der Waals surface area (Å²) in [6.45, 7) is 5.26. The van der Waals surface area contributed by atoms with Gasteiger partial charge in [0.2, 0.25) is 15.9 Å². The molecule has 11 nitrogen and oxygen atoms in total. The van der Waals surface area contributed by atoms with Crippen molar-refractivity contribution >= 4 is 38.9 Å². The highest BCUT2D eigenvalue weighted by atomic mass is 32.2. The number of likely N-dealkylation sites (N-methyl/N-ethyl adjacent to an activating group) is 1. The molecule has 2 fully saturated rings. The number of likely N-dealkylation sites (tertiary alicyclic amines) is 1. The average Bonchev–Trinajstić information content (AvgIpc) is 2.93. The first-order valence-corrected chi connectivity index (χ1v) is 14.4. The van der Waals surface area contributed by atoms with Gasteiger partial charge < -0.3 is 29.5 Å². The number of aromatic nitrogens is 1. The molecule has 0 bridgehead atoms. The number of nitrogens with zero attached hydrogens (tertiary/aromatic N) is 5. The zero-order valence-electron chi connectivity index (χ0n) is 22.4. The standard InChI is InChI=1S/C26H36N6O5S/c1-18-26(33)30(3)22-6-8-24(28-25(22)32(18)19-9-11-29(2)12-10-19)27-21-17-20(5-7-23(21)36-4)38(34,35)31-13-15-37-16-14-31/h5-8,17-19H,9-16H2,1-4H3,(H,27,28)/t18-/m1/s1. The smallest absolute Gasteiger partial charge is 0.249 e. The second-order valence-electron chi connectivity index (χ2n) is 10.1. The minimum absolute atomic E-state index is 0.0432. The predicted octanol–water partition coefficient (Wildman–Crippen LogP) is 2.12. The Morgan fingerprint density at radius 3 is 2.45 bits per heavy atom. The van der Waals surface area contributed by atoms with Crippen LogP contribution in [0.1, 0.15) is 19.8 Å². The Labute approximate surface area is 224 Å². The topological polar surface area (TPSA) is 108 Å². The highest BCUT2D eigenvalue weighted by Gasteiger charge is 2.39. The van der Waals surface area contributed by atoms with Gasteiger partial charge in [0.25, 0.3) is 0 Å². The number of hydrogen-bond acceptors (Lipinski definition) is 9. The van der Waals surface area contributed by atoms with Crippen LogP contribution in [0, 0.1) is 0 Å². The Bertz CT molecular complexity index is 1290. The van der Waals surface area contributed by atoms with E-state index >= 15 is 0 Å². The summed E-state index contributed by atoms with van der Waals surface area (Å²) in [5, 5.41) is 3.28. The Morgan fingerprint density at radius 2 is 1.76 bits per heavy atom. The van der Waals surface area contributed by atoms with Crippen LogP contribution >= 0.6 is 0 Å². The van der Waals surface area contributed by atoms with Gasteiger partial charge in [-0.3, -0.25) is 4.79 Å².